The van der Waals surface area contributed by atoms with E-state index < -0.39 is 6.04 Å². The second-order valence-electron chi connectivity index (χ2n) is 7.95. The van der Waals surface area contributed by atoms with Gasteiger partial charge in [-0.05, 0) is 26.3 Å². The van der Waals surface area contributed by atoms with Crippen molar-refractivity contribution in [2.24, 2.45) is 5.92 Å². The minimum Gasteiger partial charge on any atom is -0.360 e. The quantitative estimate of drug-likeness (QED) is 0.835. The van der Waals surface area contributed by atoms with Crippen LogP contribution in [0.25, 0.3) is 0 Å². The molecule has 1 aromatic rings. The molecule has 1 unspecified atom stereocenters. The predicted octanol–water partition coefficient (Wildman–Crippen LogP) is 2.02. The summed E-state index contributed by atoms with van der Waals surface area (Å²) in [5.74, 6) is 0.634. The number of amides is 2. The molecule has 0 radical (unpaired) electrons. The van der Waals surface area contributed by atoms with E-state index in [1.165, 1.54) is 0 Å². The SMILES string of the molecule is Cc1noc(C(C)C)c1C(=O)NC(CC(C)C)C(=O)N1CCN(C)CC1. The van der Waals surface area contributed by atoms with Crippen LogP contribution in [0.1, 0.15) is 61.8 Å². The van der Waals surface area contributed by atoms with Crippen LogP contribution in [0.4, 0.5) is 0 Å². The Morgan fingerprint density at radius 1 is 1.15 bits per heavy atom. The van der Waals surface area contributed by atoms with Crippen molar-refractivity contribution in [3.63, 3.8) is 0 Å². The van der Waals surface area contributed by atoms with Crippen molar-refractivity contribution in [2.75, 3.05) is 33.2 Å². The molecule has 1 aliphatic rings. The molecule has 0 bridgehead atoms. The van der Waals surface area contributed by atoms with E-state index in [1.807, 2.05) is 18.7 Å². The molecule has 1 atom stereocenters. The molecule has 0 spiro atoms. The van der Waals surface area contributed by atoms with E-state index >= 15 is 0 Å². The van der Waals surface area contributed by atoms with Gasteiger partial charge in [0.05, 0.1) is 5.69 Å². The van der Waals surface area contributed by atoms with E-state index in [4.69, 9.17) is 4.52 Å². The number of nitrogens with one attached hydrogen (secondary N) is 1. The molecule has 1 saturated heterocycles. The molecular weight excluding hydrogens is 332 g/mol. The molecule has 2 amide bonds. The third-order valence-corrected chi connectivity index (χ3v) is 4.77. The summed E-state index contributed by atoms with van der Waals surface area (Å²) in [5, 5.41) is 6.88. The van der Waals surface area contributed by atoms with Gasteiger partial charge in [-0.3, -0.25) is 9.59 Å². The Bertz CT molecular complexity index is 631. The lowest BCUT2D eigenvalue weighted by atomic mass is 10.00. The van der Waals surface area contributed by atoms with E-state index in [2.05, 4.69) is 36.3 Å². The highest BCUT2D eigenvalue weighted by molar-refractivity contribution is 5.99. The summed E-state index contributed by atoms with van der Waals surface area (Å²) in [5.41, 5.74) is 1.02. The summed E-state index contributed by atoms with van der Waals surface area (Å²) < 4.78 is 5.32. The van der Waals surface area contributed by atoms with Crippen molar-refractivity contribution in [3.8, 4) is 0 Å². The van der Waals surface area contributed by atoms with Gasteiger partial charge >= 0.3 is 0 Å². The molecule has 0 aromatic carbocycles. The van der Waals surface area contributed by atoms with Crippen LogP contribution in [0, 0.1) is 12.8 Å². The van der Waals surface area contributed by atoms with Gasteiger partial charge in [-0.25, -0.2) is 0 Å². The second kappa shape index (κ2) is 8.66. The van der Waals surface area contributed by atoms with Gasteiger partial charge in [0.15, 0.2) is 5.76 Å². The summed E-state index contributed by atoms with van der Waals surface area (Å²) in [7, 11) is 2.05. The molecule has 0 saturated carbocycles. The highest BCUT2D eigenvalue weighted by Crippen LogP contribution is 2.22. The van der Waals surface area contributed by atoms with Gasteiger partial charge in [-0.2, -0.15) is 0 Å². The number of carbonyl (C=O) groups is 2. The smallest absolute Gasteiger partial charge is 0.257 e. The number of aromatic nitrogens is 1. The molecule has 1 N–H and O–H groups in total. The van der Waals surface area contributed by atoms with Gasteiger partial charge in [0.25, 0.3) is 5.91 Å². The van der Waals surface area contributed by atoms with Gasteiger partial charge < -0.3 is 19.6 Å². The first-order valence-corrected chi connectivity index (χ1v) is 9.45. The second-order valence-corrected chi connectivity index (χ2v) is 7.95. The lowest BCUT2D eigenvalue weighted by molar-refractivity contribution is -0.135. The number of hydrogen-bond donors (Lipinski definition) is 1. The Kier molecular flexibility index (Phi) is 6.81. The van der Waals surface area contributed by atoms with E-state index in [0.717, 1.165) is 13.1 Å². The average molecular weight is 364 g/mol. The van der Waals surface area contributed by atoms with E-state index in [0.29, 0.717) is 42.4 Å². The zero-order valence-electron chi connectivity index (χ0n) is 16.8. The molecule has 26 heavy (non-hydrogen) atoms. The van der Waals surface area contributed by atoms with Gasteiger partial charge in [-0.1, -0.05) is 32.9 Å². The maximum atomic E-state index is 13.0. The number of carbonyl (C=O) groups excluding carboxylic acids is 2. The molecular formula is C19H32N4O3. The Morgan fingerprint density at radius 2 is 1.77 bits per heavy atom. The topological polar surface area (TPSA) is 78.7 Å². The Balaban J connectivity index is 2.16. The normalized spacial score (nSPS) is 17.0. The minimum absolute atomic E-state index is 0.000328. The first-order valence-electron chi connectivity index (χ1n) is 9.45. The molecule has 1 aliphatic heterocycles. The Morgan fingerprint density at radius 3 is 2.31 bits per heavy atom. The Labute approximate surface area is 156 Å². The first kappa shape index (κ1) is 20.4. The minimum atomic E-state index is -0.528. The van der Waals surface area contributed by atoms with Crippen molar-refractivity contribution < 1.29 is 14.1 Å². The number of nitrogens with zero attached hydrogens (tertiary/aromatic N) is 3. The van der Waals surface area contributed by atoms with Crippen LogP contribution in [0.5, 0.6) is 0 Å². The van der Waals surface area contributed by atoms with Crippen LogP contribution in [0.2, 0.25) is 0 Å². The number of rotatable bonds is 6. The van der Waals surface area contributed by atoms with Gasteiger partial charge in [0.1, 0.15) is 11.6 Å². The summed E-state index contributed by atoms with van der Waals surface area (Å²) in [6.45, 7) is 12.9. The summed E-state index contributed by atoms with van der Waals surface area (Å²) in [6, 6.07) is -0.528. The highest BCUT2D eigenvalue weighted by Gasteiger charge is 2.31. The van der Waals surface area contributed by atoms with E-state index in [1.54, 1.807) is 6.92 Å². The van der Waals surface area contributed by atoms with Crippen molar-refractivity contribution in [2.45, 2.75) is 53.0 Å². The van der Waals surface area contributed by atoms with Crippen molar-refractivity contribution in [1.29, 1.82) is 0 Å². The fourth-order valence-electron chi connectivity index (χ4n) is 3.23. The molecule has 1 fully saturated rings. The number of piperazine rings is 1. The van der Waals surface area contributed by atoms with Crippen LogP contribution in [-0.4, -0.2) is 66.0 Å². The maximum Gasteiger partial charge on any atom is 0.257 e. The molecule has 7 nitrogen and oxygen atoms in total. The van der Waals surface area contributed by atoms with Crippen LogP contribution < -0.4 is 5.32 Å². The molecule has 146 valence electrons. The van der Waals surface area contributed by atoms with Crippen LogP contribution in [-0.2, 0) is 4.79 Å². The average Bonchev–Trinajstić information content (AvgIpc) is 2.96. The number of likely N-dealkylation sites (N-methyl/N-ethyl adjacent to an activating group) is 1. The third-order valence-electron chi connectivity index (χ3n) is 4.77. The summed E-state index contributed by atoms with van der Waals surface area (Å²) in [6.07, 6.45) is 0.609. The van der Waals surface area contributed by atoms with Crippen LogP contribution in [0.15, 0.2) is 4.52 Å². The van der Waals surface area contributed by atoms with Crippen molar-refractivity contribution >= 4 is 11.8 Å². The molecule has 7 heteroatoms. The molecule has 2 rings (SSSR count). The maximum absolute atomic E-state index is 13.0. The van der Waals surface area contributed by atoms with Crippen LogP contribution >= 0.6 is 0 Å². The number of aryl methyl sites for hydroxylation is 1. The third kappa shape index (κ3) is 4.84. The fraction of sp³-hybridized carbons (Fsp3) is 0.737. The van der Waals surface area contributed by atoms with Gasteiger partial charge in [0.2, 0.25) is 5.91 Å². The summed E-state index contributed by atoms with van der Waals surface area (Å²) >= 11 is 0. The number of hydrogen-bond acceptors (Lipinski definition) is 5. The van der Waals surface area contributed by atoms with E-state index in [-0.39, 0.29) is 17.7 Å². The molecule has 0 aliphatic carbocycles. The Hall–Kier alpha value is -1.89. The lowest BCUT2D eigenvalue weighted by Crippen LogP contribution is -2.54. The zero-order chi connectivity index (χ0) is 19.4. The van der Waals surface area contributed by atoms with E-state index in [9.17, 15) is 9.59 Å². The van der Waals surface area contributed by atoms with Gasteiger partial charge in [-0.15, -0.1) is 0 Å². The zero-order valence-corrected chi connectivity index (χ0v) is 16.8. The van der Waals surface area contributed by atoms with Crippen LogP contribution in [0.3, 0.4) is 0 Å². The standard InChI is InChI=1S/C19H32N4O3/c1-12(2)11-15(19(25)23-9-7-22(6)8-10-23)20-18(24)16-14(5)21-26-17(16)13(3)4/h12-13,15H,7-11H2,1-6H3,(H,20,24). The predicted molar refractivity (Wildman–Crippen MR) is 100 cm³/mol. The van der Waals surface area contributed by atoms with Crippen molar-refractivity contribution in [1.82, 2.24) is 20.3 Å². The summed E-state index contributed by atoms with van der Waals surface area (Å²) in [4.78, 5) is 30.0. The monoisotopic (exact) mass is 364 g/mol. The largest absolute Gasteiger partial charge is 0.360 e. The molecule has 1 aromatic heterocycles. The van der Waals surface area contributed by atoms with Crippen molar-refractivity contribution in [3.05, 3.63) is 17.0 Å². The molecule has 2 heterocycles. The fourth-order valence-corrected chi connectivity index (χ4v) is 3.23. The first-order chi connectivity index (χ1) is 12.2. The van der Waals surface area contributed by atoms with Gasteiger partial charge in [0, 0.05) is 32.1 Å². The highest BCUT2D eigenvalue weighted by atomic mass is 16.5. The lowest BCUT2D eigenvalue weighted by Gasteiger charge is -2.35.